The third-order valence-corrected chi connectivity index (χ3v) is 5.30. The van der Waals surface area contributed by atoms with E-state index in [0.29, 0.717) is 23.8 Å². The fourth-order valence-electron chi connectivity index (χ4n) is 3.98. The van der Waals surface area contributed by atoms with Crippen LogP contribution in [0.3, 0.4) is 0 Å². The van der Waals surface area contributed by atoms with Crippen molar-refractivity contribution in [2.24, 2.45) is 10.9 Å². The number of esters is 1. The van der Waals surface area contributed by atoms with Crippen molar-refractivity contribution in [1.82, 2.24) is 4.90 Å². The van der Waals surface area contributed by atoms with Crippen LogP contribution >= 0.6 is 12.2 Å². The number of rotatable bonds is 4. The zero-order valence-corrected chi connectivity index (χ0v) is 15.5. The maximum absolute atomic E-state index is 12.4. The molecule has 2 aliphatic rings. The van der Waals surface area contributed by atoms with E-state index >= 15 is 0 Å². The van der Waals surface area contributed by atoms with Gasteiger partial charge in [-0.25, -0.2) is 4.79 Å². The first-order valence-corrected chi connectivity index (χ1v) is 8.89. The van der Waals surface area contributed by atoms with Crippen LogP contribution in [0.25, 0.3) is 0 Å². The van der Waals surface area contributed by atoms with Crippen LogP contribution in [0, 0.1) is 5.92 Å². The Bertz CT molecular complexity index is 750. The molecule has 0 aliphatic carbocycles. The van der Waals surface area contributed by atoms with E-state index in [0.717, 1.165) is 12.8 Å². The quantitative estimate of drug-likeness (QED) is 0.495. The van der Waals surface area contributed by atoms with Gasteiger partial charge in [-0.3, -0.25) is 15.0 Å². The number of benzene rings is 1. The third-order valence-electron chi connectivity index (χ3n) is 5.21. The molecule has 1 N–H and O–H groups in total. The van der Waals surface area contributed by atoms with E-state index in [4.69, 9.17) is 9.47 Å². The lowest BCUT2D eigenvalue weighted by molar-refractivity contribution is -0.155. The molecular weight excluding hydrogens is 354 g/mol. The van der Waals surface area contributed by atoms with Gasteiger partial charge in [0.05, 0.1) is 18.0 Å². The molecule has 2 aliphatic heterocycles. The van der Waals surface area contributed by atoms with Crippen LogP contribution in [0.15, 0.2) is 29.3 Å². The monoisotopic (exact) mass is 375 g/mol. The van der Waals surface area contributed by atoms with E-state index in [-0.39, 0.29) is 12.0 Å². The predicted molar refractivity (Wildman–Crippen MR) is 99.7 cm³/mol. The summed E-state index contributed by atoms with van der Waals surface area (Å²) in [4.78, 5) is 30.7. The number of piperidine rings is 1. The highest BCUT2D eigenvalue weighted by Crippen LogP contribution is 2.40. The topological polar surface area (TPSA) is 80.2 Å². The van der Waals surface area contributed by atoms with Crippen LogP contribution in [0.4, 0.5) is 16.2 Å². The standard InChI is InChI=1S/C18H21N3O4S/c1-21-13-6-7-14(21)16(17(22)24-2)15(9-13)25-18(23)20-12-5-3-4-11(8-12)19-10-26/h3-5,8,13-16H,6-7,9H2,1-2H3,(H,20,23). The van der Waals surface area contributed by atoms with Crippen LogP contribution in [-0.2, 0) is 14.3 Å². The zero-order chi connectivity index (χ0) is 18.7. The second kappa shape index (κ2) is 7.95. The van der Waals surface area contributed by atoms with E-state index in [9.17, 15) is 9.59 Å². The van der Waals surface area contributed by atoms with Gasteiger partial charge in [0, 0.05) is 24.2 Å². The molecule has 0 saturated carbocycles. The van der Waals surface area contributed by atoms with Crippen molar-refractivity contribution in [2.45, 2.75) is 37.5 Å². The summed E-state index contributed by atoms with van der Waals surface area (Å²) in [6, 6.07) is 7.24. The van der Waals surface area contributed by atoms with Crippen molar-refractivity contribution >= 4 is 40.8 Å². The summed E-state index contributed by atoms with van der Waals surface area (Å²) in [5.41, 5.74) is 1.12. The lowest BCUT2D eigenvalue weighted by atomic mass is 9.87. The van der Waals surface area contributed by atoms with Crippen molar-refractivity contribution < 1.29 is 19.1 Å². The maximum Gasteiger partial charge on any atom is 0.411 e. The predicted octanol–water partition coefficient (Wildman–Crippen LogP) is 2.99. The van der Waals surface area contributed by atoms with E-state index in [1.54, 1.807) is 24.3 Å². The molecule has 2 heterocycles. The summed E-state index contributed by atoms with van der Waals surface area (Å²) in [5.74, 6) is -0.808. The molecule has 26 heavy (non-hydrogen) atoms. The molecule has 0 spiro atoms. The highest BCUT2D eigenvalue weighted by atomic mass is 32.1. The van der Waals surface area contributed by atoms with Crippen LogP contribution < -0.4 is 5.32 Å². The number of nitrogens with zero attached hydrogens (tertiary/aromatic N) is 2. The fraction of sp³-hybridized carbons (Fsp3) is 0.500. The summed E-state index contributed by atoms with van der Waals surface area (Å²) in [7, 11) is 3.37. The highest BCUT2D eigenvalue weighted by Gasteiger charge is 2.50. The number of fused-ring (bicyclic) bond motifs is 2. The first kappa shape index (κ1) is 18.5. The average Bonchev–Trinajstić information content (AvgIpc) is 2.85. The van der Waals surface area contributed by atoms with Crippen LogP contribution in [0.1, 0.15) is 19.3 Å². The van der Waals surface area contributed by atoms with E-state index < -0.39 is 18.1 Å². The van der Waals surface area contributed by atoms with Gasteiger partial charge < -0.3 is 9.47 Å². The minimum atomic E-state index is -0.601. The number of anilines is 1. The molecule has 1 aromatic rings. The molecule has 0 radical (unpaired) electrons. The summed E-state index contributed by atoms with van der Waals surface area (Å²) in [6.07, 6.45) is 1.41. The molecular formula is C18H21N3O4S. The molecule has 4 atom stereocenters. The number of carbonyl (C=O) groups is 2. The zero-order valence-electron chi connectivity index (χ0n) is 14.7. The van der Waals surface area contributed by atoms with Gasteiger partial charge >= 0.3 is 12.1 Å². The average molecular weight is 375 g/mol. The minimum absolute atomic E-state index is 0.0410. The number of thiocarbonyl (C=S) groups is 1. The van der Waals surface area contributed by atoms with Gasteiger partial charge in [0.25, 0.3) is 0 Å². The Labute approximate surface area is 157 Å². The SMILES string of the molecule is COC(=O)C1C(OC(=O)Nc2cccc(N=C=S)c2)CC2CCC1N2C. The Balaban J connectivity index is 1.70. The smallest absolute Gasteiger partial charge is 0.411 e. The van der Waals surface area contributed by atoms with Gasteiger partial charge in [0.1, 0.15) is 12.0 Å². The van der Waals surface area contributed by atoms with Crippen molar-refractivity contribution in [1.29, 1.82) is 0 Å². The minimum Gasteiger partial charge on any atom is -0.469 e. The Morgan fingerprint density at radius 2 is 2.19 bits per heavy atom. The number of nitrogens with one attached hydrogen (secondary N) is 1. The Kier molecular flexibility index (Phi) is 5.66. The fourth-order valence-corrected chi connectivity index (χ4v) is 4.08. The Morgan fingerprint density at radius 1 is 1.38 bits per heavy atom. The number of hydrogen-bond acceptors (Lipinski definition) is 7. The molecule has 2 fully saturated rings. The normalized spacial score (nSPS) is 27.3. The van der Waals surface area contributed by atoms with Crippen LogP contribution in [0.5, 0.6) is 0 Å². The number of carbonyl (C=O) groups excluding carboxylic acids is 2. The van der Waals surface area contributed by atoms with E-state index in [1.807, 2.05) is 7.05 Å². The number of ether oxygens (including phenoxy) is 2. The molecule has 8 heteroatoms. The van der Waals surface area contributed by atoms with Gasteiger partial charge in [0.2, 0.25) is 0 Å². The first-order chi connectivity index (χ1) is 12.5. The number of methoxy groups -OCH3 is 1. The molecule has 1 aromatic carbocycles. The number of isothiocyanates is 1. The second-order valence-electron chi connectivity index (χ2n) is 6.57. The van der Waals surface area contributed by atoms with Crippen molar-refractivity contribution in [3.05, 3.63) is 24.3 Å². The molecule has 2 bridgehead atoms. The molecule has 4 unspecified atom stereocenters. The molecule has 0 aromatic heterocycles. The van der Waals surface area contributed by atoms with Gasteiger partial charge in [-0.15, -0.1) is 0 Å². The largest absolute Gasteiger partial charge is 0.469 e. The van der Waals surface area contributed by atoms with E-state index in [2.05, 4.69) is 32.6 Å². The summed E-state index contributed by atoms with van der Waals surface area (Å²) in [6.45, 7) is 0. The summed E-state index contributed by atoms with van der Waals surface area (Å²) >= 11 is 4.58. The molecule has 3 rings (SSSR count). The highest BCUT2D eigenvalue weighted by molar-refractivity contribution is 7.78. The van der Waals surface area contributed by atoms with Crippen LogP contribution in [0.2, 0.25) is 0 Å². The van der Waals surface area contributed by atoms with Crippen LogP contribution in [-0.4, -0.2) is 54.5 Å². The number of aliphatic imine (C=N–C) groups is 1. The van der Waals surface area contributed by atoms with Gasteiger partial charge in [-0.05, 0) is 50.3 Å². The summed E-state index contributed by atoms with van der Waals surface area (Å²) < 4.78 is 10.6. The molecule has 138 valence electrons. The third kappa shape index (κ3) is 3.77. The number of amides is 1. The molecule has 2 saturated heterocycles. The van der Waals surface area contributed by atoms with Crippen molar-refractivity contribution in [3.63, 3.8) is 0 Å². The van der Waals surface area contributed by atoms with Gasteiger partial charge in [0.15, 0.2) is 0 Å². The lowest BCUT2D eigenvalue weighted by Gasteiger charge is -2.40. The Hall–Kier alpha value is -2.28. The lowest BCUT2D eigenvalue weighted by Crippen LogP contribution is -2.53. The Morgan fingerprint density at radius 3 is 2.92 bits per heavy atom. The van der Waals surface area contributed by atoms with E-state index in [1.165, 1.54) is 7.11 Å². The molecule has 1 amide bonds. The second-order valence-corrected chi connectivity index (χ2v) is 6.75. The summed E-state index contributed by atoms with van der Waals surface area (Å²) in [5, 5.41) is 4.96. The maximum atomic E-state index is 12.4. The molecule has 7 nitrogen and oxygen atoms in total. The van der Waals surface area contributed by atoms with Gasteiger partial charge in [-0.1, -0.05) is 6.07 Å². The van der Waals surface area contributed by atoms with Gasteiger partial charge in [-0.2, -0.15) is 4.99 Å². The van der Waals surface area contributed by atoms with Crippen molar-refractivity contribution in [2.75, 3.05) is 19.5 Å². The first-order valence-electron chi connectivity index (χ1n) is 8.49. The van der Waals surface area contributed by atoms with Crippen molar-refractivity contribution in [3.8, 4) is 0 Å². The number of hydrogen-bond donors (Lipinski definition) is 1.